The van der Waals surface area contributed by atoms with Gasteiger partial charge in [-0.05, 0) is 18.4 Å². The lowest BCUT2D eigenvalue weighted by Crippen LogP contribution is -2.49. The molecule has 1 atom stereocenters. The van der Waals surface area contributed by atoms with Crippen molar-refractivity contribution in [1.29, 1.82) is 0 Å². The number of nitrogens with zero attached hydrogens (tertiary/aromatic N) is 2. The van der Waals surface area contributed by atoms with E-state index >= 15 is 0 Å². The maximum Gasteiger partial charge on any atom is 0.319 e. The number of morpholine rings is 1. The van der Waals surface area contributed by atoms with E-state index in [9.17, 15) is 4.79 Å². The molecule has 4 nitrogen and oxygen atoms in total. The molecule has 0 unspecified atom stereocenters. The molecule has 104 valence electrons. The highest BCUT2D eigenvalue weighted by molar-refractivity contribution is 5.73. The van der Waals surface area contributed by atoms with Crippen molar-refractivity contribution in [3.63, 3.8) is 0 Å². The Kier molecular flexibility index (Phi) is 4.80. The third-order valence-corrected chi connectivity index (χ3v) is 3.39. The first-order valence-corrected chi connectivity index (χ1v) is 6.78. The van der Waals surface area contributed by atoms with Crippen LogP contribution in [-0.2, 0) is 11.2 Å². The van der Waals surface area contributed by atoms with E-state index < -0.39 is 0 Å². The fourth-order valence-electron chi connectivity index (χ4n) is 2.32. The van der Waals surface area contributed by atoms with Gasteiger partial charge in [-0.25, -0.2) is 4.79 Å². The Morgan fingerprint density at radius 3 is 2.79 bits per heavy atom. The van der Waals surface area contributed by atoms with E-state index in [0.717, 1.165) is 12.8 Å². The van der Waals surface area contributed by atoms with Crippen molar-refractivity contribution in [1.82, 2.24) is 9.80 Å². The highest BCUT2D eigenvalue weighted by Crippen LogP contribution is 2.13. The van der Waals surface area contributed by atoms with Crippen molar-refractivity contribution < 1.29 is 9.53 Å². The zero-order valence-electron chi connectivity index (χ0n) is 11.7. The van der Waals surface area contributed by atoms with Crippen LogP contribution in [0.25, 0.3) is 0 Å². The smallest absolute Gasteiger partial charge is 0.319 e. The lowest BCUT2D eigenvalue weighted by molar-refractivity contribution is -0.0209. The molecule has 0 aromatic heterocycles. The SMILES string of the molecule is CN(C)C(=O)N1CCO[C@H](CCc2ccccc2)C1. The first-order valence-electron chi connectivity index (χ1n) is 6.78. The van der Waals surface area contributed by atoms with Crippen LogP contribution in [0.5, 0.6) is 0 Å². The van der Waals surface area contributed by atoms with Crippen molar-refractivity contribution in [2.75, 3.05) is 33.8 Å². The predicted octanol–water partition coefficient (Wildman–Crippen LogP) is 2.00. The van der Waals surface area contributed by atoms with Crippen LogP contribution < -0.4 is 0 Å². The van der Waals surface area contributed by atoms with E-state index in [1.54, 1.807) is 19.0 Å². The molecule has 0 N–H and O–H groups in total. The molecule has 0 bridgehead atoms. The number of amides is 2. The minimum Gasteiger partial charge on any atom is -0.375 e. The molecule has 1 saturated heterocycles. The third-order valence-electron chi connectivity index (χ3n) is 3.39. The minimum absolute atomic E-state index is 0.0769. The molecule has 0 spiro atoms. The van der Waals surface area contributed by atoms with Crippen LogP contribution in [-0.4, -0.2) is 55.7 Å². The lowest BCUT2D eigenvalue weighted by atomic mass is 10.1. The summed E-state index contributed by atoms with van der Waals surface area (Å²) in [5.41, 5.74) is 1.32. The standard InChI is InChI=1S/C15H22N2O2/c1-16(2)15(18)17-10-11-19-14(12-17)9-8-13-6-4-3-5-7-13/h3-7,14H,8-12H2,1-2H3/t14-/m1/s1. The molecule has 0 aliphatic carbocycles. The summed E-state index contributed by atoms with van der Waals surface area (Å²) < 4.78 is 5.75. The van der Waals surface area contributed by atoms with Crippen molar-refractivity contribution >= 4 is 6.03 Å². The van der Waals surface area contributed by atoms with Gasteiger partial charge in [0.05, 0.1) is 12.7 Å². The van der Waals surface area contributed by atoms with Crippen LogP contribution in [0.2, 0.25) is 0 Å². The summed E-state index contributed by atoms with van der Waals surface area (Å²) in [6.07, 6.45) is 2.11. The summed E-state index contributed by atoms with van der Waals surface area (Å²) in [7, 11) is 3.58. The molecule has 1 fully saturated rings. The van der Waals surface area contributed by atoms with E-state index in [2.05, 4.69) is 24.3 Å². The lowest BCUT2D eigenvalue weighted by Gasteiger charge is -2.34. The normalized spacial score (nSPS) is 19.3. The number of ether oxygens (including phenoxy) is 1. The Hall–Kier alpha value is -1.55. The zero-order valence-corrected chi connectivity index (χ0v) is 11.7. The van der Waals surface area contributed by atoms with Gasteiger partial charge < -0.3 is 14.5 Å². The van der Waals surface area contributed by atoms with Gasteiger partial charge in [0.25, 0.3) is 0 Å². The number of benzene rings is 1. The second-order valence-corrected chi connectivity index (χ2v) is 5.14. The Morgan fingerprint density at radius 1 is 1.37 bits per heavy atom. The highest BCUT2D eigenvalue weighted by atomic mass is 16.5. The van der Waals surface area contributed by atoms with Crippen molar-refractivity contribution in [3.8, 4) is 0 Å². The fraction of sp³-hybridized carbons (Fsp3) is 0.533. The average molecular weight is 262 g/mol. The quantitative estimate of drug-likeness (QED) is 0.834. The van der Waals surface area contributed by atoms with Gasteiger partial charge in [0, 0.05) is 27.2 Å². The maximum atomic E-state index is 11.9. The first-order chi connectivity index (χ1) is 9.16. The van der Waals surface area contributed by atoms with Gasteiger partial charge >= 0.3 is 6.03 Å². The monoisotopic (exact) mass is 262 g/mol. The first kappa shape index (κ1) is 13.9. The molecule has 1 heterocycles. The molecule has 1 aromatic rings. The summed E-state index contributed by atoms with van der Waals surface area (Å²) in [4.78, 5) is 15.4. The van der Waals surface area contributed by atoms with Crippen LogP contribution in [0.15, 0.2) is 30.3 Å². The summed E-state index contributed by atoms with van der Waals surface area (Å²) in [6.45, 7) is 2.03. The van der Waals surface area contributed by atoms with E-state index in [4.69, 9.17) is 4.74 Å². The molecule has 2 amide bonds. The number of rotatable bonds is 3. The van der Waals surface area contributed by atoms with Crippen LogP contribution in [0.3, 0.4) is 0 Å². The third kappa shape index (κ3) is 3.96. The van der Waals surface area contributed by atoms with Gasteiger partial charge in [-0.3, -0.25) is 0 Å². The molecule has 1 aliphatic heterocycles. The van der Waals surface area contributed by atoms with Gasteiger partial charge in [-0.2, -0.15) is 0 Å². The second kappa shape index (κ2) is 6.57. The number of hydrogen-bond acceptors (Lipinski definition) is 2. The van der Waals surface area contributed by atoms with Crippen LogP contribution in [0.4, 0.5) is 4.79 Å². The van der Waals surface area contributed by atoms with E-state index in [0.29, 0.717) is 19.7 Å². The van der Waals surface area contributed by atoms with E-state index in [-0.39, 0.29) is 12.1 Å². The number of aryl methyl sites for hydroxylation is 1. The summed E-state index contributed by atoms with van der Waals surface area (Å²) in [5, 5.41) is 0. The maximum absolute atomic E-state index is 11.9. The summed E-state index contributed by atoms with van der Waals surface area (Å²) >= 11 is 0. The van der Waals surface area contributed by atoms with Gasteiger partial charge in [0.1, 0.15) is 0 Å². The largest absolute Gasteiger partial charge is 0.375 e. The van der Waals surface area contributed by atoms with Gasteiger partial charge in [0.15, 0.2) is 0 Å². The van der Waals surface area contributed by atoms with E-state index in [1.165, 1.54) is 5.56 Å². The van der Waals surface area contributed by atoms with Gasteiger partial charge in [0.2, 0.25) is 0 Å². The number of carbonyl (C=O) groups is 1. The molecule has 2 rings (SSSR count). The molecular formula is C15H22N2O2. The second-order valence-electron chi connectivity index (χ2n) is 5.14. The Morgan fingerprint density at radius 2 is 2.11 bits per heavy atom. The Bertz CT molecular complexity index is 406. The zero-order chi connectivity index (χ0) is 13.7. The summed E-state index contributed by atoms with van der Waals surface area (Å²) in [6, 6.07) is 10.5. The number of hydrogen-bond donors (Lipinski definition) is 0. The minimum atomic E-state index is 0.0769. The molecule has 0 radical (unpaired) electrons. The van der Waals surface area contributed by atoms with Crippen LogP contribution in [0, 0.1) is 0 Å². The topological polar surface area (TPSA) is 32.8 Å². The van der Waals surface area contributed by atoms with Crippen molar-refractivity contribution in [2.24, 2.45) is 0 Å². The fourth-order valence-corrected chi connectivity index (χ4v) is 2.32. The molecule has 19 heavy (non-hydrogen) atoms. The highest BCUT2D eigenvalue weighted by Gasteiger charge is 2.24. The molecule has 0 saturated carbocycles. The van der Waals surface area contributed by atoms with Gasteiger partial charge in [-0.1, -0.05) is 30.3 Å². The van der Waals surface area contributed by atoms with E-state index in [1.807, 2.05) is 11.0 Å². The summed E-state index contributed by atoms with van der Waals surface area (Å²) in [5.74, 6) is 0. The predicted molar refractivity (Wildman–Crippen MR) is 75.2 cm³/mol. The van der Waals surface area contributed by atoms with Crippen molar-refractivity contribution in [2.45, 2.75) is 18.9 Å². The number of carbonyl (C=O) groups excluding carboxylic acids is 1. The molecular weight excluding hydrogens is 240 g/mol. The Labute approximate surface area is 115 Å². The van der Waals surface area contributed by atoms with Crippen molar-refractivity contribution in [3.05, 3.63) is 35.9 Å². The molecule has 4 heteroatoms. The molecule has 1 aromatic carbocycles. The van der Waals surface area contributed by atoms with Crippen LogP contribution in [0.1, 0.15) is 12.0 Å². The average Bonchev–Trinajstić information content (AvgIpc) is 2.45. The Balaban J connectivity index is 1.83. The number of urea groups is 1. The molecule has 1 aliphatic rings. The van der Waals surface area contributed by atoms with Crippen LogP contribution >= 0.6 is 0 Å². The van der Waals surface area contributed by atoms with Gasteiger partial charge in [-0.15, -0.1) is 0 Å².